The molecule has 0 amide bonds. The fourth-order valence-corrected chi connectivity index (χ4v) is 1.67. The first kappa shape index (κ1) is 13.8. The van der Waals surface area contributed by atoms with Crippen LogP contribution in [0.3, 0.4) is 0 Å². The van der Waals surface area contributed by atoms with E-state index < -0.39 is 0 Å². The van der Waals surface area contributed by atoms with Crippen LogP contribution in [0.25, 0.3) is 0 Å². The average molecular weight is 237 g/mol. The van der Waals surface area contributed by atoms with E-state index in [-0.39, 0.29) is 0 Å². The summed E-state index contributed by atoms with van der Waals surface area (Å²) in [6, 6.07) is 5.81. The van der Waals surface area contributed by atoms with E-state index in [1.54, 1.807) is 7.11 Å². The normalized spacial score (nSPS) is 10.3. The minimum Gasteiger partial charge on any atom is -0.497 e. The first-order valence-electron chi connectivity index (χ1n) is 6.31. The molecular weight excluding hydrogens is 214 g/mol. The fourth-order valence-electron chi connectivity index (χ4n) is 1.67. The second kappa shape index (κ2) is 7.96. The van der Waals surface area contributed by atoms with Gasteiger partial charge in [0.15, 0.2) is 0 Å². The van der Waals surface area contributed by atoms with Crippen LogP contribution in [-0.4, -0.2) is 13.7 Å². The zero-order valence-corrected chi connectivity index (χ0v) is 10.9. The summed E-state index contributed by atoms with van der Waals surface area (Å²) in [6.45, 7) is 3.47. The van der Waals surface area contributed by atoms with Gasteiger partial charge in [0.05, 0.1) is 13.7 Å². The largest absolute Gasteiger partial charge is 0.497 e. The van der Waals surface area contributed by atoms with Gasteiger partial charge in [-0.2, -0.15) is 0 Å². The van der Waals surface area contributed by atoms with Gasteiger partial charge in [-0.3, -0.25) is 0 Å². The zero-order chi connectivity index (χ0) is 12.5. The predicted molar refractivity (Wildman–Crippen MR) is 70.5 cm³/mol. The number of hydrogen-bond donors (Lipinski definition) is 1. The lowest BCUT2D eigenvalue weighted by Crippen LogP contribution is -2.01. The van der Waals surface area contributed by atoms with E-state index >= 15 is 0 Å². The van der Waals surface area contributed by atoms with Gasteiger partial charge >= 0.3 is 0 Å². The van der Waals surface area contributed by atoms with Crippen molar-refractivity contribution in [1.29, 1.82) is 0 Å². The lowest BCUT2D eigenvalue weighted by Gasteiger charge is -2.09. The number of methoxy groups -OCH3 is 1. The maximum Gasteiger partial charge on any atom is 0.123 e. The molecule has 1 rings (SSSR count). The highest BCUT2D eigenvalue weighted by molar-refractivity contribution is 5.38. The van der Waals surface area contributed by atoms with Gasteiger partial charge in [0, 0.05) is 12.6 Å². The molecule has 3 nitrogen and oxygen atoms in total. The molecule has 0 saturated heterocycles. The third-order valence-electron chi connectivity index (χ3n) is 2.68. The molecule has 0 spiro atoms. The zero-order valence-electron chi connectivity index (χ0n) is 10.9. The predicted octanol–water partition coefficient (Wildman–Crippen LogP) is 3.11. The van der Waals surface area contributed by atoms with Crippen LogP contribution in [0.15, 0.2) is 18.2 Å². The standard InChI is InChI=1S/C14H23NO2/c1-3-4-5-6-7-17-14-9-12(11-15)8-13(10-14)16-2/h8-10H,3-7,11,15H2,1-2H3. The van der Waals surface area contributed by atoms with Crippen molar-refractivity contribution in [2.45, 2.75) is 39.2 Å². The van der Waals surface area contributed by atoms with Crippen LogP contribution in [0.4, 0.5) is 0 Å². The van der Waals surface area contributed by atoms with E-state index in [4.69, 9.17) is 15.2 Å². The molecule has 17 heavy (non-hydrogen) atoms. The minimum atomic E-state index is 0.503. The Morgan fingerprint density at radius 2 is 1.82 bits per heavy atom. The van der Waals surface area contributed by atoms with E-state index in [1.165, 1.54) is 19.3 Å². The van der Waals surface area contributed by atoms with Crippen LogP contribution in [0, 0.1) is 0 Å². The van der Waals surface area contributed by atoms with Crippen molar-refractivity contribution in [3.63, 3.8) is 0 Å². The number of hydrogen-bond acceptors (Lipinski definition) is 3. The van der Waals surface area contributed by atoms with Gasteiger partial charge in [0.1, 0.15) is 11.5 Å². The first-order chi connectivity index (χ1) is 8.30. The average Bonchev–Trinajstić information content (AvgIpc) is 2.38. The third kappa shape index (κ3) is 5.09. The lowest BCUT2D eigenvalue weighted by atomic mass is 10.2. The van der Waals surface area contributed by atoms with Crippen LogP contribution >= 0.6 is 0 Å². The quantitative estimate of drug-likeness (QED) is 0.706. The van der Waals surface area contributed by atoms with Gasteiger partial charge in [-0.1, -0.05) is 26.2 Å². The molecule has 0 heterocycles. The smallest absolute Gasteiger partial charge is 0.123 e. The summed E-state index contributed by atoms with van der Waals surface area (Å²) in [7, 11) is 1.65. The molecular formula is C14H23NO2. The molecule has 0 aliphatic heterocycles. The van der Waals surface area contributed by atoms with Gasteiger partial charge in [-0.05, 0) is 24.1 Å². The molecule has 3 heteroatoms. The maximum atomic E-state index is 5.70. The second-order valence-electron chi connectivity index (χ2n) is 4.13. The van der Waals surface area contributed by atoms with Crippen molar-refractivity contribution in [3.8, 4) is 11.5 Å². The molecule has 0 fully saturated rings. The van der Waals surface area contributed by atoms with E-state index in [2.05, 4.69) is 6.92 Å². The number of benzene rings is 1. The minimum absolute atomic E-state index is 0.503. The van der Waals surface area contributed by atoms with Crippen molar-refractivity contribution in [1.82, 2.24) is 0 Å². The number of ether oxygens (including phenoxy) is 2. The van der Waals surface area contributed by atoms with Crippen LogP contribution in [-0.2, 0) is 6.54 Å². The Morgan fingerprint density at radius 3 is 2.47 bits per heavy atom. The van der Waals surface area contributed by atoms with Gasteiger partial charge in [0.25, 0.3) is 0 Å². The van der Waals surface area contributed by atoms with E-state index in [0.29, 0.717) is 6.54 Å². The van der Waals surface area contributed by atoms with E-state index in [1.807, 2.05) is 18.2 Å². The summed E-state index contributed by atoms with van der Waals surface area (Å²) in [6.07, 6.45) is 4.85. The van der Waals surface area contributed by atoms with Crippen molar-refractivity contribution in [3.05, 3.63) is 23.8 Å². The Labute approximate surface area is 104 Å². The maximum absolute atomic E-state index is 5.70. The summed E-state index contributed by atoms with van der Waals surface area (Å²) in [5, 5.41) is 0. The lowest BCUT2D eigenvalue weighted by molar-refractivity contribution is 0.302. The monoisotopic (exact) mass is 237 g/mol. The summed E-state index contributed by atoms with van der Waals surface area (Å²) < 4.78 is 10.9. The molecule has 1 aromatic rings. The fraction of sp³-hybridized carbons (Fsp3) is 0.571. The Bertz CT molecular complexity index is 304. The Balaban J connectivity index is 2.46. The molecule has 0 saturated carbocycles. The molecule has 0 aliphatic rings. The van der Waals surface area contributed by atoms with Crippen LogP contribution in [0.5, 0.6) is 11.5 Å². The van der Waals surface area contributed by atoms with Crippen LogP contribution in [0.1, 0.15) is 38.2 Å². The first-order valence-corrected chi connectivity index (χ1v) is 6.31. The number of nitrogens with two attached hydrogens (primary N) is 1. The summed E-state index contributed by atoms with van der Waals surface area (Å²) >= 11 is 0. The van der Waals surface area contributed by atoms with Crippen molar-refractivity contribution < 1.29 is 9.47 Å². The van der Waals surface area contributed by atoms with Crippen molar-refractivity contribution in [2.24, 2.45) is 5.73 Å². The molecule has 0 unspecified atom stereocenters. The van der Waals surface area contributed by atoms with Gasteiger partial charge < -0.3 is 15.2 Å². The molecule has 0 radical (unpaired) electrons. The Morgan fingerprint density at radius 1 is 1.06 bits per heavy atom. The summed E-state index contributed by atoms with van der Waals surface area (Å²) in [4.78, 5) is 0. The number of unbranched alkanes of at least 4 members (excludes halogenated alkanes) is 3. The highest BCUT2D eigenvalue weighted by atomic mass is 16.5. The van der Waals surface area contributed by atoms with Gasteiger partial charge in [0.2, 0.25) is 0 Å². The Hall–Kier alpha value is -1.22. The van der Waals surface area contributed by atoms with E-state index in [0.717, 1.165) is 30.1 Å². The Kier molecular flexibility index (Phi) is 6.48. The highest BCUT2D eigenvalue weighted by Crippen LogP contribution is 2.22. The SMILES string of the molecule is CCCCCCOc1cc(CN)cc(OC)c1. The second-order valence-corrected chi connectivity index (χ2v) is 4.13. The molecule has 0 bridgehead atoms. The van der Waals surface area contributed by atoms with Gasteiger partial charge in [-0.15, -0.1) is 0 Å². The van der Waals surface area contributed by atoms with Crippen LogP contribution < -0.4 is 15.2 Å². The molecule has 0 atom stereocenters. The molecule has 1 aromatic carbocycles. The highest BCUT2D eigenvalue weighted by Gasteiger charge is 2.01. The van der Waals surface area contributed by atoms with Crippen LogP contribution in [0.2, 0.25) is 0 Å². The van der Waals surface area contributed by atoms with Crippen molar-refractivity contribution in [2.75, 3.05) is 13.7 Å². The molecule has 96 valence electrons. The van der Waals surface area contributed by atoms with Crippen molar-refractivity contribution >= 4 is 0 Å². The molecule has 0 aromatic heterocycles. The summed E-state index contributed by atoms with van der Waals surface area (Å²) in [5.74, 6) is 1.65. The number of rotatable bonds is 8. The molecule has 2 N–H and O–H groups in total. The van der Waals surface area contributed by atoms with E-state index in [9.17, 15) is 0 Å². The summed E-state index contributed by atoms with van der Waals surface area (Å²) in [5.41, 5.74) is 6.66. The topological polar surface area (TPSA) is 44.5 Å². The van der Waals surface area contributed by atoms with Gasteiger partial charge in [-0.25, -0.2) is 0 Å². The third-order valence-corrected chi connectivity index (χ3v) is 2.68. The molecule has 0 aliphatic carbocycles.